The third kappa shape index (κ3) is 2.97. The minimum absolute atomic E-state index is 0.212. The summed E-state index contributed by atoms with van der Waals surface area (Å²) in [5.74, 6) is 0.662. The van der Waals surface area contributed by atoms with Crippen LogP contribution in [0.5, 0.6) is 0 Å². The molecule has 128 valence electrons. The molecule has 0 saturated heterocycles. The first kappa shape index (κ1) is 20.3. The van der Waals surface area contributed by atoms with Crippen molar-refractivity contribution in [2.75, 3.05) is 40.8 Å². The van der Waals surface area contributed by atoms with E-state index in [-0.39, 0.29) is 3.12 Å². The first-order chi connectivity index (χ1) is 10.4. The summed E-state index contributed by atoms with van der Waals surface area (Å²) >= 11 is -3.07. The maximum absolute atomic E-state index is 3.07. The molecule has 0 amide bonds. The van der Waals surface area contributed by atoms with Crippen LogP contribution in [0.25, 0.3) is 0 Å². The van der Waals surface area contributed by atoms with E-state index >= 15 is 0 Å². The van der Waals surface area contributed by atoms with Gasteiger partial charge in [-0.25, -0.2) is 0 Å². The van der Waals surface area contributed by atoms with Gasteiger partial charge in [0.15, 0.2) is 0 Å². The molecule has 0 aromatic carbocycles. The van der Waals surface area contributed by atoms with Crippen LogP contribution in [0.4, 0.5) is 0 Å². The zero-order valence-electron chi connectivity index (χ0n) is 16.1. The number of hydrogen-bond donors (Lipinski definition) is 0. The SMILES string of the molecule is CCC(C)[C]1([Zr]([N](C)CC)([N](C)CC)[N](C)CC)C=CC=C1. The molecule has 4 heteroatoms. The zero-order valence-corrected chi connectivity index (χ0v) is 18.5. The summed E-state index contributed by atoms with van der Waals surface area (Å²) in [4.78, 5) is 0. The van der Waals surface area contributed by atoms with Gasteiger partial charge in [-0.3, -0.25) is 0 Å². The average molecular weight is 387 g/mol. The molecule has 1 aliphatic rings. The summed E-state index contributed by atoms with van der Waals surface area (Å²) in [6.45, 7) is 15.1. The van der Waals surface area contributed by atoms with Crippen molar-refractivity contribution in [1.82, 2.24) is 8.53 Å². The van der Waals surface area contributed by atoms with E-state index in [2.05, 4.69) is 88.6 Å². The summed E-state index contributed by atoms with van der Waals surface area (Å²) in [5, 5.41) is 0. The van der Waals surface area contributed by atoms with Gasteiger partial charge >= 0.3 is 145 Å². The van der Waals surface area contributed by atoms with Crippen LogP contribution in [-0.2, 0) is 21.1 Å². The molecule has 0 aliphatic heterocycles. The molecule has 0 aromatic rings. The van der Waals surface area contributed by atoms with Gasteiger partial charge in [0, 0.05) is 0 Å². The Labute approximate surface area is 144 Å². The molecule has 0 saturated carbocycles. The zero-order chi connectivity index (χ0) is 17.0. The van der Waals surface area contributed by atoms with Gasteiger partial charge in [-0.05, 0) is 0 Å². The van der Waals surface area contributed by atoms with Crippen molar-refractivity contribution < 1.29 is 21.1 Å². The summed E-state index contributed by atoms with van der Waals surface area (Å²) < 4.78 is 8.40. The minimum atomic E-state index is -3.07. The predicted octanol–water partition coefficient (Wildman–Crippen LogP) is 4.07. The van der Waals surface area contributed by atoms with E-state index in [1.165, 1.54) is 6.42 Å². The summed E-state index contributed by atoms with van der Waals surface area (Å²) in [7, 11) is 7.08. The van der Waals surface area contributed by atoms with Crippen LogP contribution in [-0.4, -0.2) is 49.3 Å². The van der Waals surface area contributed by atoms with E-state index in [9.17, 15) is 0 Å². The number of nitrogens with zero attached hydrogens (tertiary/aromatic N) is 3. The molecule has 0 heterocycles. The third-order valence-corrected chi connectivity index (χ3v) is 21.0. The van der Waals surface area contributed by atoms with E-state index < -0.39 is 21.1 Å². The molecule has 0 spiro atoms. The molecule has 1 atom stereocenters. The number of allylic oxidation sites excluding steroid dienone is 4. The molecule has 22 heavy (non-hydrogen) atoms. The van der Waals surface area contributed by atoms with Crippen molar-refractivity contribution in [3.8, 4) is 0 Å². The molecular weight excluding hydrogens is 349 g/mol. The van der Waals surface area contributed by atoms with Gasteiger partial charge < -0.3 is 0 Å². The van der Waals surface area contributed by atoms with E-state index in [1.807, 2.05) is 0 Å². The Hall–Kier alpha value is 0.243. The first-order valence-corrected chi connectivity index (χ1v) is 13.4. The Kier molecular flexibility index (Phi) is 7.72. The fourth-order valence-electron chi connectivity index (χ4n) is 4.23. The molecule has 1 aliphatic carbocycles. The second-order valence-electron chi connectivity index (χ2n) is 6.64. The van der Waals surface area contributed by atoms with Crippen molar-refractivity contribution >= 4 is 0 Å². The summed E-state index contributed by atoms with van der Waals surface area (Å²) in [5.41, 5.74) is 0. The monoisotopic (exact) mass is 385 g/mol. The van der Waals surface area contributed by atoms with Gasteiger partial charge in [-0.2, -0.15) is 0 Å². The standard InChI is InChI=1S/C9H13.3C3H8N.Zr/c1-3-8(2)9-6-4-5-7-9;3*1-3-4-2;/h4-8H,3H2,1-2H3;3*3H2,1-2H3;/q;3*-1;+3. The molecule has 1 unspecified atom stereocenters. The van der Waals surface area contributed by atoms with Crippen LogP contribution >= 0.6 is 0 Å². The van der Waals surface area contributed by atoms with E-state index in [0.717, 1.165) is 19.6 Å². The maximum atomic E-state index is 2.73. The van der Waals surface area contributed by atoms with Crippen molar-refractivity contribution in [2.45, 2.75) is 44.2 Å². The van der Waals surface area contributed by atoms with Crippen LogP contribution < -0.4 is 0 Å². The van der Waals surface area contributed by atoms with Crippen LogP contribution in [0.3, 0.4) is 0 Å². The number of hydrogen-bond acceptors (Lipinski definition) is 3. The van der Waals surface area contributed by atoms with E-state index in [0.29, 0.717) is 5.92 Å². The quantitative estimate of drug-likeness (QED) is 0.591. The van der Waals surface area contributed by atoms with Crippen LogP contribution in [0, 0.1) is 5.92 Å². The topological polar surface area (TPSA) is 9.72 Å². The average Bonchev–Trinajstić information content (AvgIpc) is 3.04. The Bertz CT molecular complexity index is 367. The molecule has 1 rings (SSSR count). The van der Waals surface area contributed by atoms with Crippen LogP contribution in [0.2, 0.25) is 3.12 Å². The van der Waals surface area contributed by atoms with E-state index in [1.54, 1.807) is 0 Å². The van der Waals surface area contributed by atoms with Crippen molar-refractivity contribution in [2.24, 2.45) is 5.92 Å². The Morgan fingerprint density at radius 3 is 1.45 bits per heavy atom. The molecule has 0 radical (unpaired) electrons. The number of rotatable bonds is 9. The van der Waals surface area contributed by atoms with Crippen molar-refractivity contribution in [3.05, 3.63) is 24.3 Å². The second-order valence-corrected chi connectivity index (χ2v) is 17.5. The second kappa shape index (κ2) is 8.37. The fraction of sp³-hybridized carbons (Fsp3) is 0.778. The predicted molar refractivity (Wildman–Crippen MR) is 95.3 cm³/mol. The van der Waals surface area contributed by atoms with Crippen molar-refractivity contribution in [3.63, 3.8) is 0 Å². The Balaban J connectivity index is 3.65. The molecule has 0 bridgehead atoms. The molecule has 0 N–H and O–H groups in total. The fourth-order valence-corrected chi connectivity index (χ4v) is 20.4. The first-order valence-electron chi connectivity index (χ1n) is 8.89. The van der Waals surface area contributed by atoms with Gasteiger partial charge in [-0.15, -0.1) is 0 Å². The summed E-state index contributed by atoms with van der Waals surface area (Å²) in [6, 6.07) is 0. The van der Waals surface area contributed by atoms with Gasteiger partial charge in [0.05, 0.1) is 0 Å². The van der Waals surface area contributed by atoms with Crippen LogP contribution in [0.1, 0.15) is 41.0 Å². The van der Waals surface area contributed by atoms with Crippen molar-refractivity contribution in [1.29, 1.82) is 0 Å². The van der Waals surface area contributed by atoms with Crippen LogP contribution in [0.15, 0.2) is 24.3 Å². The Morgan fingerprint density at radius 2 is 1.18 bits per heavy atom. The molecule has 0 fully saturated rings. The molecule has 3 nitrogen and oxygen atoms in total. The normalized spacial score (nSPS) is 18.9. The van der Waals surface area contributed by atoms with Gasteiger partial charge in [0.1, 0.15) is 0 Å². The van der Waals surface area contributed by atoms with Gasteiger partial charge in [0.2, 0.25) is 0 Å². The molecule has 0 aromatic heterocycles. The van der Waals surface area contributed by atoms with E-state index in [4.69, 9.17) is 0 Å². The molecular formula is C18H37N3Zr. The van der Waals surface area contributed by atoms with Gasteiger partial charge in [0.25, 0.3) is 0 Å². The van der Waals surface area contributed by atoms with Gasteiger partial charge in [-0.1, -0.05) is 0 Å². The Morgan fingerprint density at radius 1 is 0.818 bits per heavy atom. The third-order valence-electron chi connectivity index (χ3n) is 5.88. The summed E-state index contributed by atoms with van der Waals surface area (Å²) in [6.07, 6.45) is 10.9.